The van der Waals surface area contributed by atoms with Crippen LogP contribution in [0.25, 0.3) is 0 Å². The van der Waals surface area contributed by atoms with E-state index < -0.39 is 10.8 Å². The zero-order valence-electron chi connectivity index (χ0n) is 23.8. The van der Waals surface area contributed by atoms with E-state index >= 15 is 0 Å². The first-order valence-corrected chi connectivity index (χ1v) is 14.6. The monoisotopic (exact) mass is 612 g/mol. The van der Waals surface area contributed by atoms with Crippen molar-refractivity contribution in [3.63, 3.8) is 0 Å². The summed E-state index contributed by atoms with van der Waals surface area (Å²) >= 11 is 5.94. The van der Waals surface area contributed by atoms with E-state index in [1.54, 1.807) is 24.3 Å². The third kappa shape index (κ3) is 7.00. The van der Waals surface area contributed by atoms with E-state index in [1.807, 2.05) is 91.0 Å². The fraction of sp³-hybridized carbons (Fsp3) is 0.250. The first-order chi connectivity index (χ1) is 20.5. The van der Waals surface area contributed by atoms with Gasteiger partial charge in [-0.25, -0.2) is 0 Å². The van der Waals surface area contributed by atoms with Crippen LogP contribution in [0.1, 0.15) is 46.3 Å². The summed E-state index contributed by atoms with van der Waals surface area (Å²) < 4.78 is 5.69. The Morgan fingerprint density at radius 2 is 1.33 bits per heavy atom. The van der Waals surface area contributed by atoms with Crippen molar-refractivity contribution in [2.75, 3.05) is 26.2 Å². The molecule has 0 aromatic heterocycles. The molecular formula is C36H34Cl2N2O3. The fourth-order valence-electron chi connectivity index (χ4n) is 5.93. The van der Waals surface area contributed by atoms with Crippen LogP contribution in [0.15, 0.2) is 115 Å². The Labute approximate surface area is 264 Å². The largest absolute Gasteiger partial charge is 0.457 e. The van der Waals surface area contributed by atoms with Crippen LogP contribution in [-0.4, -0.2) is 42.9 Å². The third-order valence-corrected chi connectivity index (χ3v) is 8.71. The van der Waals surface area contributed by atoms with Crippen LogP contribution >= 0.6 is 24.0 Å². The Balaban J connectivity index is 0.00000423. The maximum Gasteiger partial charge on any atom is 0.317 e. The summed E-state index contributed by atoms with van der Waals surface area (Å²) in [6.45, 7) is 1.71. The van der Waals surface area contributed by atoms with Gasteiger partial charge in [-0.3, -0.25) is 9.59 Å². The molecule has 4 aromatic carbocycles. The average molecular weight is 614 g/mol. The first-order valence-electron chi connectivity index (χ1n) is 14.2. The number of piperidine rings is 1. The Morgan fingerprint density at radius 3 is 1.84 bits per heavy atom. The number of likely N-dealkylation sites (tertiary alicyclic amines) is 1. The number of hydrogen-bond donors (Lipinski definition) is 0. The quantitative estimate of drug-likeness (QED) is 0.138. The molecule has 220 valence electrons. The minimum absolute atomic E-state index is 0. The molecule has 1 aliphatic rings. The van der Waals surface area contributed by atoms with Crippen molar-refractivity contribution in [2.45, 2.75) is 30.1 Å². The summed E-state index contributed by atoms with van der Waals surface area (Å²) in [6.07, 6.45) is 1.73. The molecule has 7 heteroatoms. The summed E-state index contributed by atoms with van der Waals surface area (Å²) in [5.41, 5.74) is 1.68. The molecule has 5 rings (SSSR count). The lowest BCUT2D eigenvalue weighted by molar-refractivity contribution is -0.151. The van der Waals surface area contributed by atoms with Gasteiger partial charge in [0.1, 0.15) is 5.41 Å². The Morgan fingerprint density at radius 1 is 0.814 bits per heavy atom. The Hall–Kier alpha value is -3.95. The lowest BCUT2D eigenvalue weighted by Crippen LogP contribution is -2.49. The number of halogens is 2. The van der Waals surface area contributed by atoms with Crippen molar-refractivity contribution in [2.24, 2.45) is 0 Å². The predicted molar refractivity (Wildman–Crippen MR) is 172 cm³/mol. The number of hydrogen-bond acceptors (Lipinski definition) is 5. The SMILES string of the molecule is Cl.N#CC(CCN1CCC(C(=O)OCC(=O)c2ccc(Cl)cc2)(c2ccccc2)CC1)(c1ccccc1)c1ccccc1. The second-order valence-electron chi connectivity index (χ2n) is 10.8. The van der Waals surface area contributed by atoms with Crippen LogP contribution in [0.2, 0.25) is 5.02 Å². The highest BCUT2D eigenvalue weighted by atomic mass is 35.5. The van der Waals surface area contributed by atoms with Gasteiger partial charge in [-0.2, -0.15) is 5.26 Å². The van der Waals surface area contributed by atoms with Crippen molar-refractivity contribution < 1.29 is 14.3 Å². The van der Waals surface area contributed by atoms with Gasteiger partial charge in [0.25, 0.3) is 0 Å². The van der Waals surface area contributed by atoms with E-state index in [2.05, 4.69) is 11.0 Å². The molecule has 0 aliphatic carbocycles. The standard InChI is InChI=1S/C36H33ClN2O3.ClH/c37-32-18-16-28(17-19-32)33(40)26-42-34(41)35(29-10-4-1-5-11-29)20-23-39(24-21-35)25-22-36(27-38,30-12-6-2-7-13-30)31-14-8-3-9-15-31;/h1-19H,20-26H2;1H. The molecule has 0 radical (unpaired) electrons. The predicted octanol–water partition coefficient (Wildman–Crippen LogP) is 7.42. The second-order valence-corrected chi connectivity index (χ2v) is 11.2. The number of Topliss-reactive ketones (excluding diaryl/α,β-unsaturated/α-hetero) is 1. The van der Waals surface area contributed by atoms with Crippen molar-refractivity contribution >= 4 is 35.8 Å². The van der Waals surface area contributed by atoms with Crippen LogP contribution in [0.3, 0.4) is 0 Å². The van der Waals surface area contributed by atoms with Gasteiger partial charge in [-0.05, 0) is 73.3 Å². The number of carbonyl (C=O) groups excluding carboxylic acids is 2. The van der Waals surface area contributed by atoms with E-state index in [0.29, 0.717) is 49.5 Å². The maximum absolute atomic E-state index is 13.7. The summed E-state index contributed by atoms with van der Waals surface area (Å²) in [7, 11) is 0. The van der Waals surface area contributed by atoms with Gasteiger partial charge >= 0.3 is 5.97 Å². The Kier molecular flexibility index (Phi) is 10.8. The van der Waals surface area contributed by atoms with Gasteiger partial charge in [0.05, 0.1) is 11.5 Å². The van der Waals surface area contributed by atoms with Crippen molar-refractivity contribution in [1.82, 2.24) is 4.90 Å². The number of nitriles is 1. The highest BCUT2D eigenvalue weighted by Crippen LogP contribution is 2.39. The van der Waals surface area contributed by atoms with E-state index in [4.69, 9.17) is 16.3 Å². The molecule has 0 amide bonds. The molecule has 1 aliphatic heterocycles. The molecule has 0 spiro atoms. The normalized spacial score (nSPS) is 14.6. The van der Waals surface area contributed by atoms with E-state index in [9.17, 15) is 14.9 Å². The summed E-state index contributed by atoms with van der Waals surface area (Å²) in [5.74, 6) is -0.647. The molecule has 1 fully saturated rings. The maximum atomic E-state index is 13.7. The highest BCUT2D eigenvalue weighted by molar-refractivity contribution is 6.30. The van der Waals surface area contributed by atoms with Crippen LogP contribution in [0.4, 0.5) is 0 Å². The van der Waals surface area contributed by atoms with Gasteiger partial charge in [0, 0.05) is 17.1 Å². The molecule has 4 aromatic rings. The van der Waals surface area contributed by atoms with Gasteiger partial charge in [-0.15, -0.1) is 12.4 Å². The summed E-state index contributed by atoms with van der Waals surface area (Å²) in [6, 6.07) is 38.8. The molecule has 0 atom stereocenters. The first kappa shape index (κ1) is 32.0. The van der Waals surface area contributed by atoms with Gasteiger partial charge in [0.2, 0.25) is 0 Å². The van der Waals surface area contributed by atoms with E-state index in [1.165, 1.54) is 0 Å². The van der Waals surface area contributed by atoms with Gasteiger partial charge < -0.3 is 9.64 Å². The number of esters is 1. The van der Waals surface area contributed by atoms with Crippen LogP contribution in [0.5, 0.6) is 0 Å². The molecule has 43 heavy (non-hydrogen) atoms. The number of nitrogens with zero attached hydrogens (tertiary/aromatic N) is 2. The number of rotatable bonds is 10. The minimum atomic E-state index is -0.844. The zero-order valence-corrected chi connectivity index (χ0v) is 25.4. The molecular weight excluding hydrogens is 579 g/mol. The molecule has 1 saturated heterocycles. The third-order valence-electron chi connectivity index (χ3n) is 8.45. The minimum Gasteiger partial charge on any atom is -0.457 e. The molecule has 0 N–H and O–H groups in total. The van der Waals surface area contributed by atoms with E-state index in [-0.39, 0.29) is 30.8 Å². The van der Waals surface area contributed by atoms with Gasteiger partial charge in [0.15, 0.2) is 12.4 Å². The number of carbonyl (C=O) groups is 2. The molecule has 0 saturated carbocycles. The van der Waals surface area contributed by atoms with Crippen molar-refractivity contribution in [1.29, 1.82) is 5.26 Å². The number of ether oxygens (including phenoxy) is 1. The second kappa shape index (κ2) is 14.5. The summed E-state index contributed by atoms with van der Waals surface area (Å²) in [5, 5.41) is 11.1. The van der Waals surface area contributed by atoms with E-state index in [0.717, 1.165) is 16.7 Å². The van der Waals surface area contributed by atoms with Crippen LogP contribution < -0.4 is 0 Å². The summed E-state index contributed by atoms with van der Waals surface area (Å²) in [4.78, 5) is 28.7. The fourth-order valence-corrected chi connectivity index (χ4v) is 6.05. The van der Waals surface area contributed by atoms with Crippen molar-refractivity contribution in [3.8, 4) is 6.07 Å². The molecule has 0 bridgehead atoms. The number of benzene rings is 4. The smallest absolute Gasteiger partial charge is 0.317 e. The van der Waals surface area contributed by atoms with Crippen LogP contribution in [0, 0.1) is 11.3 Å². The Bertz CT molecular complexity index is 1490. The molecule has 5 nitrogen and oxygen atoms in total. The number of ketones is 1. The topological polar surface area (TPSA) is 70.4 Å². The zero-order chi connectivity index (χ0) is 29.4. The van der Waals surface area contributed by atoms with Crippen LogP contribution in [-0.2, 0) is 20.4 Å². The molecule has 0 unspecified atom stereocenters. The lowest BCUT2D eigenvalue weighted by atomic mass is 9.71. The highest BCUT2D eigenvalue weighted by Gasteiger charge is 2.45. The van der Waals surface area contributed by atoms with Gasteiger partial charge in [-0.1, -0.05) is 103 Å². The molecule has 1 heterocycles. The average Bonchev–Trinajstić information content (AvgIpc) is 3.06. The van der Waals surface area contributed by atoms with Crippen molar-refractivity contribution in [3.05, 3.63) is 143 Å². The lowest BCUT2D eigenvalue weighted by Gasteiger charge is -2.41.